The number of esters is 1. The summed E-state index contributed by atoms with van der Waals surface area (Å²) in [7, 11) is 2.81. The Morgan fingerprint density at radius 2 is 1.77 bits per heavy atom. The van der Waals surface area contributed by atoms with E-state index in [-0.39, 0.29) is 18.2 Å². The van der Waals surface area contributed by atoms with Gasteiger partial charge in [0.1, 0.15) is 5.75 Å². The number of carbonyl (C=O) groups is 2. The van der Waals surface area contributed by atoms with Gasteiger partial charge in [-0.25, -0.2) is 0 Å². The predicted octanol–water partition coefficient (Wildman–Crippen LogP) is 2.22. The zero-order chi connectivity index (χ0) is 16.1. The first-order chi connectivity index (χ1) is 10.6. The highest BCUT2D eigenvalue weighted by Crippen LogP contribution is 2.25. The summed E-state index contributed by atoms with van der Waals surface area (Å²) in [6.45, 7) is 0. The highest BCUT2D eigenvalue weighted by molar-refractivity contribution is 6.13. The molecule has 0 radical (unpaired) electrons. The molecule has 5 heteroatoms. The van der Waals surface area contributed by atoms with E-state index < -0.39 is 0 Å². The van der Waals surface area contributed by atoms with E-state index in [1.165, 1.54) is 14.2 Å². The molecule has 0 unspecified atom stereocenters. The third-order valence-corrected chi connectivity index (χ3v) is 3.29. The Morgan fingerprint density at radius 3 is 2.41 bits per heavy atom. The molecule has 5 nitrogen and oxygen atoms in total. The number of benzene rings is 2. The first kappa shape index (κ1) is 15.6. The molecular weight excluding hydrogens is 282 g/mol. The average molecular weight is 299 g/mol. The first-order valence-corrected chi connectivity index (χ1v) is 6.69. The van der Waals surface area contributed by atoms with Crippen LogP contribution in [-0.4, -0.2) is 26.0 Å². The lowest BCUT2D eigenvalue weighted by molar-refractivity contribution is -0.139. The van der Waals surface area contributed by atoms with Crippen molar-refractivity contribution in [2.24, 2.45) is 0 Å². The van der Waals surface area contributed by atoms with Crippen molar-refractivity contribution in [3.8, 4) is 5.75 Å². The van der Waals surface area contributed by atoms with Gasteiger partial charge in [0.2, 0.25) is 0 Å². The van der Waals surface area contributed by atoms with Gasteiger partial charge in [-0.3, -0.25) is 9.59 Å². The van der Waals surface area contributed by atoms with Crippen molar-refractivity contribution in [1.29, 1.82) is 0 Å². The van der Waals surface area contributed by atoms with Gasteiger partial charge >= 0.3 is 5.97 Å². The van der Waals surface area contributed by atoms with Crippen LogP contribution in [0.1, 0.15) is 21.5 Å². The molecule has 2 N–H and O–H groups in total. The molecule has 0 aromatic heterocycles. The van der Waals surface area contributed by atoms with Crippen LogP contribution in [0.15, 0.2) is 42.5 Å². The van der Waals surface area contributed by atoms with E-state index >= 15 is 0 Å². The lowest BCUT2D eigenvalue weighted by atomic mass is 9.98. The molecule has 0 fully saturated rings. The number of hydrogen-bond donors (Lipinski definition) is 1. The van der Waals surface area contributed by atoms with E-state index in [9.17, 15) is 9.59 Å². The first-order valence-electron chi connectivity index (χ1n) is 6.69. The predicted molar refractivity (Wildman–Crippen MR) is 83.0 cm³/mol. The SMILES string of the molecule is COC(=O)Cc1ccc(OC)c(C(=O)c2ccccc2N)c1. The smallest absolute Gasteiger partial charge is 0.309 e. The van der Waals surface area contributed by atoms with Crippen LogP contribution in [0.4, 0.5) is 5.69 Å². The minimum Gasteiger partial charge on any atom is -0.496 e. The fraction of sp³-hybridized carbons (Fsp3) is 0.176. The van der Waals surface area contributed by atoms with Crippen molar-refractivity contribution in [3.63, 3.8) is 0 Å². The molecule has 22 heavy (non-hydrogen) atoms. The number of hydrogen-bond acceptors (Lipinski definition) is 5. The Balaban J connectivity index is 2.44. The Bertz CT molecular complexity index is 710. The summed E-state index contributed by atoms with van der Waals surface area (Å²) < 4.78 is 9.88. The molecule has 0 atom stereocenters. The third kappa shape index (κ3) is 3.25. The van der Waals surface area contributed by atoms with Crippen LogP contribution in [-0.2, 0) is 16.0 Å². The fourth-order valence-corrected chi connectivity index (χ4v) is 2.13. The monoisotopic (exact) mass is 299 g/mol. The van der Waals surface area contributed by atoms with Gasteiger partial charge in [-0.2, -0.15) is 0 Å². The number of nitrogen functional groups attached to an aromatic ring is 1. The van der Waals surface area contributed by atoms with E-state index in [1.54, 1.807) is 42.5 Å². The second kappa shape index (κ2) is 6.76. The molecule has 0 heterocycles. The average Bonchev–Trinajstić information content (AvgIpc) is 2.54. The van der Waals surface area contributed by atoms with Gasteiger partial charge in [-0.05, 0) is 29.8 Å². The maximum Gasteiger partial charge on any atom is 0.309 e. The van der Waals surface area contributed by atoms with Crippen molar-refractivity contribution >= 4 is 17.4 Å². The quantitative estimate of drug-likeness (QED) is 0.520. The van der Waals surface area contributed by atoms with Crippen molar-refractivity contribution in [2.45, 2.75) is 6.42 Å². The third-order valence-electron chi connectivity index (χ3n) is 3.29. The highest BCUT2D eigenvalue weighted by atomic mass is 16.5. The molecule has 0 aliphatic carbocycles. The molecule has 0 spiro atoms. The van der Waals surface area contributed by atoms with Crippen LogP contribution < -0.4 is 10.5 Å². The van der Waals surface area contributed by atoms with Crippen LogP contribution in [0.5, 0.6) is 5.75 Å². The summed E-state index contributed by atoms with van der Waals surface area (Å²) in [6, 6.07) is 11.8. The standard InChI is InChI=1S/C17H17NO4/c1-21-15-8-7-11(10-16(19)22-2)9-13(15)17(20)12-5-3-4-6-14(12)18/h3-9H,10,18H2,1-2H3. The van der Waals surface area contributed by atoms with Crippen molar-refractivity contribution in [1.82, 2.24) is 0 Å². The number of rotatable bonds is 5. The summed E-state index contributed by atoms with van der Waals surface area (Å²) in [6.07, 6.45) is 0.0883. The fourth-order valence-electron chi connectivity index (χ4n) is 2.13. The number of ether oxygens (including phenoxy) is 2. The molecule has 2 rings (SSSR count). The Morgan fingerprint density at radius 1 is 1.05 bits per heavy atom. The Kier molecular flexibility index (Phi) is 4.78. The number of nitrogens with two attached hydrogens (primary N) is 1. The zero-order valence-corrected chi connectivity index (χ0v) is 12.5. The van der Waals surface area contributed by atoms with Crippen molar-refractivity contribution in [2.75, 3.05) is 20.0 Å². The molecule has 0 aliphatic rings. The van der Waals surface area contributed by atoms with E-state index in [2.05, 4.69) is 4.74 Å². The largest absolute Gasteiger partial charge is 0.496 e. The summed E-state index contributed by atoms with van der Waals surface area (Å²) in [5.41, 5.74) is 7.68. The Labute approximate surface area is 128 Å². The molecule has 2 aromatic rings. The van der Waals surface area contributed by atoms with Gasteiger partial charge < -0.3 is 15.2 Å². The second-order valence-electron chi connectivity index (χ2n) is 4.70. The minimum absolute atomic E-state index is 0.0883. The number of anilines is 1. The number of methoxy groups -OCH3 is 2. The molecule has 0 amide bonds. The van der Waals surface area contributed by atoms with E-state index in [0.717, 1.165) is 0 Å². The molecule has 114 valence electrons. The van der Waals surface area contributed by atoms with E-state index in [0.29, 0.717) is 28.1 Å². The molecular formula is C17H17NO4. The van der Waals surface area contributed by atoms with Crippen molar-refractivity contribution < 1.29 is 19.1 Å². The van der Waals surface area contributed by atoms with Crippen LogP contribution in [0.3, 0.4) is 0 Å². The van der Waals surface area contributed by atoms with Crippen molar-refractivity contribution in [3.05, 3.63) is 59.2 Å². The molecule has 0 saturated carbocycles. The number of para-hydroxylation sites is 1. The molecule has 0 saturated heterocycles. The summed E-state index contributed by atoms with van der Waals surface area (Å²) in [4.78, 5) is 24.1. The van der Waals surface area contributed by atoms with E-state index in [4.69, 9.17) is 10.5 Å². The highest BCUT2D eigenvalue weighted by Gasteiger charge is 2.18. The van der Waals surface area contributed by atoms with Crippen LogP contribution in [0.2, 0.25) is 0 Å². The topological polar surface area (TPSA) is 78.6 Å². The lowest BCUT2D eigenvalue weighted by Gasteiger charge is -2.11. The number of ketones is 1. The van der Waals surface area contributed by atoms with Crippen LogP contribution in [0, 0.1) is 0 Å². The molecule has 2 aromatic carbocycles. The summed E-state index contributed by atoms with van der Waals surface area (Å²) in [5, 5.41) is 0. The zero-order valence-electron chi connectivity index (χ0n) is 12.5. The summed E-state index contributed by atoms with van der Waals surface area (Å²) in [5.74, 6) is -0.189. The molecule has 0 aliphatic heterocycles. The van der Waals surface area contributed by atoms with Gasteiger partial charge in [0.05, 0.1) is 26.2 Å². The maximum absolute atomic E-state index is 12.7. The van der Waals surface area contributed by atoms with Gasteiger partial charge in [-0.15, -0.1) is 0 Å². The van der Waals surface area contributed by atoms with Crippen LogP contribution >= 0.6 is 0 Å². The van der Waals surface area contributed by atoms with Gasteiger partial charge in [0.25, 0.3) is 0 Å². The van der Waals surface area contributed by atoms with Gasteiger partial charge in [-0.1, -0.05) is 18.2 Å². The second-order valence-corrected chi connectivity index (χ2v) is 4.70. The molecule has 0 bridgehead atoms. The number of carbonyl (C=O) groups excluding carboxylic acids is 2. The normalized spacial score (nSPS) is 10.1. The van der Waals surface area contributed by atoms with Gasteiger partial charge in [0.15, 0.2) is 5.78 Å². The summed E-state index contributed by atoms with van der Waals surface area (Å²) >= 11 is 0. The Hall–Kier alpha value is -2.82. The maximum atomic E-state index is 12.7. The van der Waals surface area contributed by atoms with E-state index in [1.807, 2.05) is 0 Å². The lowest BCUT2D eigenvalue weighted by Crippen LogP contribution is -2.09. The van der Waals surface area contributed by atoms with Gasteiger partial charge in [0, 0.05) is 11.3 Å². The van der Waals surface area contributed by atoms with Crippen LogP contribution in [0.25, 0.3) is 0 Å². The minimum atomic E-state index is -0.372.